The second-order valence-electron chi connectivity index (χ2n) is 5.59. The lowest BCUT2D eigenvalue weighted by atomic mass is 9.99. The molecule has 1 aliphatic rings. The molecular formula is C16H16N2O4S. The third-order valence-corrected chi connectivity index (χ3v) is 5.05. The summed E-state index contributed by atoms with van der Waals surface area (Å²) in [6.45, 7) is 1.98. The Balaban J connectivity index is 1.78. The summed E-state index contributed by atoms with van der Waals surface area (Å²) in [4.78, 5) is 23.8. The number of carbonyl (C=O) groups is 2. The number of nitrogens with zero attached hydrogens (tertiary/aromatic N) is 1. The molecule has 0 bridgehead atoms. The highest BCUT2D eigenvalue weighted by Crippen LogP contribution is 2.29. The summed E-state index contributed by atoms with van der Waals surface area (Å²) >= 11 is 1.51. The van der Waals surface area contributed by atoms with Gasteiger partial charge in [-0.15, -0.1) is 0 Å². The predicted molar refractivity (Wildman–Crippen MR) is 86.5 cm³/mol. The van der Waals surface area contributed by atoms with E-state index in [1.807, 2.05) is 31.2 Å². The van der Waals surface area contributed by atoms with Crippen molar-refractivity contribution in [3.05, 3.63) is 41.7 Å². The van der Waals surface area contributed by atoms with Gasteiger partial charge in [-0.3, -0.25) is 4.79 Å². The molecule has 2 N–H and O–H groups in total. The number of benzene rings is 1. The van der Waals surface area contributed by atoms with Crippen LogP contribution in [0.4, 0.5) is 0 Å². The SMILES string of the molecule is Cc1ccc(-c2cc(C(=O)NC3(C(=O)O)CCSC3)on2)cc1. The Morgan fingerprint density at radius 2 is 2.09 bits per heavy atom. The van der Waals surface area contributed by atoms with E-state index in [1.165, 1.54) is 17.8 Å². The Morgan fingerprint density at radius 1 is 1.35 bits per heavy atom. The lowest BCUT2D eigenvalue weighted by molar-refractivity contribution is -0.143. The third kappa shape index (κ3) is 3.10. The minimum atomic E-state index is -1.22. The van der Waals surface area contributed by atoms with Gasteiger partial charge in [0, 0.05) is 17.4 Å². The zero-order valence-electron chi connectivity index (χ0n) is 12.5. The van der Waals surface area contributed by atoms with Gasteiger partial charge >= 0.3 is 5.97 Å². The van der Waals surface area contributed by atoms with Crippen LogP contribution in [-0.2, 0) is 4.79 Å². The summed E-state index contributed by atoms with van der Waals surface area (Å²) < 4.78 is 5.08. The lowest BCUT2D eigenvalue weighted by Gasteiger charge is -2.23. The summed E-state index contributed by atoms with van der Waals surface area (Å²) in [7, 11) is 0. The van der Waals surface area contributed by atoms with E-state index in [9.17, 15) is 14.7 Å². The average molecular weight is 332 g/mol. The molecule has 1 unspecified atom stereocenters. The number of thioether (sulfide) groups is 1. The molecular weight excluding hydrogens is 316 g/mol. The standard InChI is InChI=1S/C16H16N2O4S/c1-10-2-4-11(5-3-10)12-8-13(22-18-12)14(19)17-16(15(20)21)6-7-23-9-16/h2-5,8H,6-7,9H2,1H3,(H,17,19)(H,20,21). The molecule has 0 radical (unpaired) electrons. The van der Waals surface area contributed by atoms with Crippen LogP contribution in [0.5, 0.6) is 0 Å². The minimum Gasteiger partial charge on any atom is -0.479 e. The van der Waals surface area contributed by atoms with Crippen molar-refractivity contribution in [2.45, 2.75) is 18.9 Å². The molecule has 6 nitrogen and oxygen atoms in total. The highest BCUT2D eigenvalue weighted by atomic mass is 32.2. The molecule has 120 valence electrons. The van der Waals surface area contributed by atoms with E-state index in [0.717, 1.165) is 11.1 Å². The molecule has 0 spiro atoms. The maximum atomic E-state index is 12.3. The number of hydrogen-bond acceptors (Lipinski definition) is 5. The Hall–Kier alpha value is -2.28. The van der Waals surface area contributed by atoms with E-state index in [1.54, 1.807) is 0 Å². The molecule has 1 saturated heterocycles. The lowest BCUT2D eigenvalue weighted by Crippen LogP contribution is -2.54. The smallest absolute Gasteiger partial charge is 0.330 e. The fraction of sp³-hybridized carbons (Fsp3) is 0.312. The number of aryl methyl sites for hydroxylation is 1. The van der Waals surface area contributed by atoms with Crippen molar-refractivity contribution in [2.24, 2.45) is 0 Å². The molecule has 1 atom stereocenters. The topological polar surface area (TPSA) is 92.4 Å². The molecule has 1 aromatic heterocycles. The van der Waals surface area contributed by atoms with Gasteiger partial charge in [0.2, 0.25) is 5.76 Å². The first-order valence-corrected chi connectivity index (χ1v) is 8.33. The molecule has 1 fully saturated rings. The first kappa shape index (κ1) is 15.6. The molecule has 0 aliphatic carbocycles. The van der Waals surface area contributed by atoms with Crippen molar-refractivity contribution < 1.29 is 19.2 Å². The molecule has 1 amide bonds. The fourth-order valence-electron chi connectivity index (χ4n) is 2.41. The van der Waals surface area contributed by atoms with Crippen LogP contribution in [0.3, 0.4) is 0 Å². The quantitative estimate of drug-likeness (QED) is 0.893. The maximum Gasteiger partial charge on any atom is 0.330 e. The van der Waals surface area contributed by atoms with Gasteiger partial charge in [-0.2, -0.15) is 11.8 Å². The molecule has 3 rings (SSSR count). The first-order valence-electron chi connectivity index (χ1n) is 7.18. The Labute approximate surface area is 137 Å². The number of nitrogens with one attached hydrogen (secondary N) is 1. The number of aliphatic carboxylic acids is 1. The van der Waals surface area contributed by atoms with Gasteiger partial charge < -0.3 is 14.9 Å². The highest BCUT2D eigenvalue weighted by Gasteiger charge is 2.43. The summed E-state index contributed by atoms with van der Waals surface area (Å²) in [5.41, 5.74) is 1.28. The van der Waals surface area contributed by atoms with Crippen LogP contribution in [0.1, 0.15) is 22.5 Å². The average Bonchev–Trinajstić information content (AvgIpc) is 3.17. The van der Waals surface area contributed by atoms with Crippen LogP contribution in [0, 0.1) is 6.92 Å². The van der Waals surface area contributed by atoms with E-state index in [4.69, 9.17) is 4.52 Å². The van der Waals surface area contributed by atoms with Crippen molar-refractivity contribution in [3.8, 4) is 11.3 Å². The fourth-order valence-corrected chi connectivity index (χ4v) is 3.73. The van der Waals surface area contributed by atoms with Gasteiger partial charge in [-0.25, -0.2) is 4.79 Å². The van der Waals surface area contributed by atoms with Crippen LogP contribution in [0.25, 0.3) is 11.3 Å². The summed E-state index contributed by atoms with van der Waals surface area (Å²) in [5.74, 6) is -0.502. The normalized spacial score (nSPS) is 20.4. The van der Waals surface area contributed by atoms with Crippen molar-refractivity contribution in [1.29, 1.82) is 0 Å². The second-order valence-corrected chi connectivity index (χ2v) is 6.69. The second kappa shape index (κ2) is 6.08. The number of amides is 1. The molecule has 1 aromatic carbocycles. The monoisotopic (exact) mass is 332 g/mol. The zero-order chi connectivity index (χ0) is 16.4. The highest BCUT2D eigenvalue weighted by molar-refractivity contribution is 7.99. The van der Waals surface area contributed by atoms with Gasteiger partial charge in [-0.05, 0) is 19.1 Å². The van der Waals surface area contributed by atoms with Gasteiger partial charge in [-0.1, -0.05) is 35.0 Å². The molecule has 23 heavy (non-hydrogen) atoms. The van der Waals surface area contributed by atoms with E-state index in [0.29, 0.717) is 23.6 Å². The number of carbonyl (C=O) groups excluding carboxylic acids is 1. The van der Waals surface area contributed by atoms with Crippen molar-refractivity contribution >= 4 is 23.6 Å². The van der Waals surface area contributed by atoms with Crippen LogP contribution >= 0.6 is 11.8 Å². The van der Waals surface area contributed by atoms with Gasteiger partial charge in [0.15, 0.2) is 0 Å². The molecule has 1 aliphatic heterocycles. The molecule has 2 aromatic rings. The maximum absolute atomic E-state index is 12.3. The van der Waals surface area contributed by atoms with Gasteiger partial charge in [0.25, 0.3) is 5.91 Å². The number of carboxylic acid groups (broad SMARTS) is 1. The van der Waals surface area contributed by atoms with Crippen LogP contribution in [-0.4, -0.2) is 39.2 Å². The number of hydrogen-bond donors (Lipinski definition) is 2. The molecule has 2 heterocycles. The third-order valence-electron chi connectivity index (χ3n) is 3.87. The van der Waals surface area contributed by atoms with Gasteiger partial charge in [0.05, 0.1) is 0 Å². The van der Waals surface area contributed by atoms with Crippen molar-refractivity contribution in [3.63, 3.8) is 0 Å². The van der Waals surface area contributed by atoms with E-state index in [-0.39, 0.29) is 5.76 Å². The van der Waals surface area contributed by atoms with Crippen LogP contribution < -0.4 is 5.32 Å². The summed E-state index contributed by atoms with van der Waals surface area (Å²) in [6, 6.07) is 9.19. The number of carboxylic acids is 1. The first-order chi connectivity index (χ1) is 11.0. The van der Waals surface area contributed by atoms with E-state index >= 15 is 0 Å². The minimum absolute atomic E-state index is 0.0121. The Bertz CT molecular complexity index is 733. The van der Waals surface area contributed by atoms with Crippen molar-refractivity contribution in [1.82, 2.24) is 10.5 Å². The van der Waals surface area contributed by atoms with Crippen LogP contribution in [0.15, 0.2) is 34.9 Å². The zero-order valence-corrected chi connectivity index (χ0v) is 13.4. The number of aromatic nitrogens is 1. The predicted octanol–water partition coefficient (Wildman–Crippen LogP) is 2.34. The summed E-state index contributed by atoms with van der Waals surface area (Å²) in [5, 5.41) is 15.9. The Morgan fingerprint density at radius 3 is 2.70 bits per heavy atom. The molecule has 0 saturated carbocycles. The summed E-state index contributed by atoms with van der Waals surface area (Å²) in [6.07, 6.45) is 0.400. The number of rotatable bonds is 4. The van der Waals surface area contributed by atoms with Crippen molar-refractivity contribution in [2.75, 3.05) is 11.5 Å². The van der Waals surface area contributed by atoms with Gasteiger partial charge in [0.1, 0.15) is 11.2 Å². The molecule has 7 heteroatoms. The van der Waals surface area contributed by atoms with E-state index in [2.05, 4.69) is 10.5 Å². The van der Waals surface area contributed by atoms with E-state index < -0.39 is 17.4 Å². The largest absolute Gasteiger partial charge is 0.479 e. The Kier molecular flexibility index (Phi) is 4.12. The van der Waals surface area contributed by atoms with Crippen LogP contribution in [0.2, 0.25) is 0 Å².